The van der Waals surface area contributed by atoms with Crippen LogP contribution in [0.15, 0.2) is 180 Å². The quantitative estimate of drug-likeness (QED) is 0.188. The van der Waals surface area contributed by atoms with Crippen LogP contribution in [0, 0.1) is 0 Å². The highest BCUT2D eigenvalue weighted by molar-refractivity contribution is 6.16. The summed E-state index contributed by atoms with van der Waals surface area (Å²) in [6.07, 6.45) is 0. The number of nitrogens with zero attached hydrogens (tertiary/aromatic N) is 3. The lowest BCUT2D eigenvalue weighted by molar-refractivity contribution is 0.653. The molecule has 0 atom stereocenters. The van der Waals surface area contributed by atoms with Crippen LogP contribution in [-0.2, 0) is 0 Å². The zero-order valence-corrected chi connectivity index (χ0v) is 27.0. The normalized spacial score (nSPS) is 11.6. The minimum atomic E-state index is 0.588. The van der Waals surface area contributed by atoms with E-state index in [4.69, 9.17) is 14.4 Å². The van der Waals surface area contributed by atoms with Gasteiger partial charge in [-0.05, 0) is 64.7 Å². The lowest BCUT2D eigenvalue weighted by Gasteiger charge is -2.11. The number of benzene rings is 7. The van der Waals surface area contributed by atoms with Gasteiger partial charge in [0.05, 0.1) is 22.1 Å². The van der Waals surface area contributed by atoms with Crippen LogP contribution in [-0.4, -0.2) is 14.5 Å². The van der Waals surface area contributed by atoms with E-state index in [1.807, 2.05) is 36.4 Å². The number of hydrogen-bond acceptors (Lipinski definition) is 3. The molecule has 10 rings (SSSR count). The van der Waals surface area contributed by atoms with Gasteiger partial charge in [-0.2, -0.15) is 4.98 Å². The molecule has 0 aliphatic heterocycles. The average Bonchev–Trinajstić information content (AvgIpc) is 3.74. The second kappa shape index (κ2) is 11.4. The van der Waals surface area contributed by atoms with Gasteiger partial charge in [-0.1, -0.05) is 133 Å². The molecule has 0 aliphatic carbocycles. The zero-order valence-electron chi connectivity index (χ0n) is 27.0. The van der Waals surface area contributed by atoms with Crippen LogP contribution < -0.4 is 0 Å². The molecule has 0 bridgehead atoms. The Hall–Kier alpha value is -6.78. The first-order chi connectivity index (χ1) is 24.8. The number of aromatic nitrogens is 3. The highest BCUT2D eigenvalue weighted by Gasteiger charge is 2.19. The van der Waals surface area contributed by atoms with E-state index in [1.165, 1.54) is 32.9 Å². The molecule has 0 saturated carbocycles. The fourth-order valence-corrected chi connectivity index (χ4v) is 7.38. The number of rotatable bonds is 5. The monoisotopic (exact) mass is 639 g/mol. The van der Waals surface area contributed by atoms with Gasteiger partial charge in [-0.15, -0.1) is 0 Å². The minimum Gasteiger partial charge on any atom is -0.438 e. The molecule has 3 heterocycles. The highest BCUT2D eigenvalue weighted by Crippen LogP contribution is 2.40. The van der Waals surface area contributed by atoms with Crippen LogP contribution >= 0.6 is 0 Å². The van der Waals surface area contributed by atoms with Gasteiger partial charge in [0.25, 0.3) is 0 Å². The Bertz CT molecular complexity index is 2870. The van der Waals surface area contributed by atoms with Crippen LogP contribution in [0.25, 0.3) is 94.5 Å². The predicted molar refractivity (Wildman–Crippen MR) is 205 cm³/mol. The predicted octanol–water partition coefficient (Wildman–Crippen LogP) is 12.1. The molecule has 7 aromatic carbocycles. The van der Waals surface area contributed by atoms with Crippen molar-refractivity contribution in [2.75, 3.05) is 0 Å². The third-order valence-corrected chi connectivity index (χ3v) is 9.63. The molecule has 4 nitrogen and oxygen atoms in total. The van der Waals surface area contributed by atoms with E-state index in [2.05, 4.69) is 144 Å². The molecule has 50 heavy (non-hydrogen) atoms. The maximum absolute atomic E-state index is 6.30. The molecule has 0 aliphatic rings. The first kappa shape index (κ1) is 28.3. The maximum atomic E-state index is 6.30. The molecular weight excluding hydrogens is 611 g/mol. The van der Waals surface area contributed by atoms with Crippen LogP contribution in [0.2, 0.25) is 0 Å². The average molecular weight is 640 g/mol. The largest absolute Gasteiger partial charge is 0.438 e. The first-order valence-corrected chi connectivity index (χ1v) is 16.8. The van der Waals surface area contributed by atoms with E-state index in [0.29, 0.717) is 11.5 Å². The fourth-order valence-electron chi connectivity index (χ4n) is 7.38. The minimum absolute atomic E-state index is 0.588. The van der Waals surface area contributed by atoms with Gasteiger partial charge in [0.2, 0.25) is 5.71 Å². The smallest absolute Gasteiger partial charge is 0.231 e. The number of furan rings is 1. The van der Waals surface area contributed by atoms with Crippen molar-refractivity contribution in [1.82, 2.24) is 14.5 Å². The zero-order chi connectivity index (χ0) is 33.0. The number of fused-ring (bicyclic) bond motifs is 6. The molecular formula is C46H29N3O. The van der Waals surface area contributed by atoms with Crippen LogP contribution in [0.5, 0.6) is 0 Å². The van der Waals surface area contributed by atoms with Gasteiger partial charge >= 0.3 is 0 Å². The third-order valence-electron chi connectivity index (χ3n) is 9.63. The number of hydrogen-bond donors (Lipinski definition) is 0. The second-order valence-corrected chi connectivity index (χ2v) is 12.6. The lowest BCUT2D eigenvalue weighted by Crippen LogP contribution is -1.94. The molecule has 0 radical (unpaired) electrons. The van der Waals surface area contributed by atoms with Crippen molar-refractivity contribution in [1.29, 1.82) is 0 Å². The van der Waals surface area contributed by atoms with E-state index in [1.54, 1.807) is 0 Å². The summed E-state index contributed by atoms with van der Waals surface area (Å²) < 4.78 is 8.66. The van der Waals surface area contributed by atoms with E-state index < -0.39 is 0 Å². The molecule has 0 fully saturated rings. The van der Waals surface area contributed by atoms with E-state index in [-0.39, 0.29) is 0 Å². The Labute approximate surface area is 288 Å². The third kappa shape index (κ3) is 4.54. The van der Waals surface area contributed by atoms with Crippen LogP contribution in [0.4, 0.5) is 0 Å². The summed E-state index contributed by atoms with van der Waals surface area (Å²) in [5, 5.41) is 4.43. The Balaban J connectivity index is 1.11. The summed E-state index contributed by atoms with van der Waals surface area (Å²) in [5.74, 6) is 0.631. The van der Waals surface area contributed by atoms with Gasteiger partial charge in [-0.25, -0.2) is 4.98 Å². The summed E-state index contributed by atoms with van der Waals surface area (Å²) >= 11 is 0. The molecule has 234 valence electrons. The van der Waals surface area contributed by atoms with Crippen molar-refractivity contribution in [2.45, 2.75) is 0 Å². The van der Waals surface area contributed by atoms with E-state index in [9.17, 15) is 0 Å². The van der Waals surface area contributed by atoms with Crippen LogP contribution in [0.3, 0.4) is 0 Å². The Morgan fingerprint density at radius 2 is 1.02 bits per heavy atom. The van der Waals surface area contributed by atoms with Gasteiger partial charge in [-0.3, -0.25) is 0 Å². The standard InChI is InChI=1S/C46H29N3O/c1-3-14-30(15-4-1)44-43-38-23-8-10-27-41(38)50-46(43)48-45(47-44)34-19-12-17-32(29-34)31-16-11-18-33(28-31)36-24-13-26-40-42(36)37-22-7-9-25-39(37)49(40)35-20-5-2-6-21-35/h1-29H. The maximum Gasteiger partial charge on any atom is 0.231 e. The SMILES string of the molecule is c1ccc(-c2nc(-c3cccc(-c4cccc(-c5cccc6c5c5ccccc5n6-c5ccccc5)c4)c3)nc3oc4ccccc4c23)cc1. The lowest BCUT2D eigenvalue weighted by atomic mass is 9.95. The second-order valence-electron chi connectivity index (χ2n) is 12.6. The molecule has 3 aromatic heterocycles. The van der Waals surface area contributed by atoms with Crippen molar-refractivity contribution in [2.24, 2.45) is 0 Å². The summed E-state index contributed by atoms with van der Waals surface area (Å²) in [5.41, 5.74) is 12.3. The van der Waals surface area contributed by atoms with E-state index >= 15 is 0 Å². The van der Waals surface area contributed by atoms with Crippen molar-refractivity contribution >= 4 is 43.9 Å². The topological polar surface area (TPSA) is 43.9 Å². The van der Waals surface area contributed by atoms with Gasteiger partial charge in [0.1, 0.15) is 5.58 Å². The van der Waals surface area contributed by atoms with Crippen molar-refractivity contribution in [3.63, 3.8) is 0 Å². The van der Waals surface area contributed by atoms with Gasteiger partial charge in [0, 0.05) is 33.0 Å². The van der Waals surface area contributed by atoms with Crippen molar-refractivity contribution in [3.8, 4) is 50.6 Å². The molecule has 0 unspecified atom stereocenters. The molecule has 0 N–H and O–H groups in total. The Morgan fingerprint density at radius 1 is 0.420 bits per heavy atom. The van der Waals surface area contributed by atoms with Crippen molar-refractivity contribution in [3.05, 3.63) is 176 Å². The summed E-state index contributed by atoms with van der Waals surface area (Å²) in [7, 11) is 0. The van der Waals surface area contributed by atoms with Crippen molar-refractivity contribution < 1.29 is 4.42 Å². The molecule has 4 heteroatoms. The molecule has 10 aromatic rings. The molecule has 0 amide bonds. The highest BCUT2D eigenvalue weighted by atomic mass is 16.3. The molecule has 0 spiro atoms. The van der Waals surface area contributed by atoms with Gasteiger partial charge < -0.3 is 8.98 Å². The summed E-state index contributed by atoms with van der Waals surface area (Å²) in [6, 6.07) is 61.6. The molecule has 0 saturated heterocycles. The van der Waals surface area contributed by atoms with E-state index in [0.717, 1.165) is 50.0 Å². The first-order valence-electron chi connectivity index (χ1n) is 16.8. The number of para-hydroxylation sites is 3. The summed E-state index contributed by atoms with van der Waals surface area (Å²) in [6.45, 7) is 0. The Kier molecular flexibility index (Phi) is 6.46. The van der Waals surface area contributed by atoms with Gasteiger partial charge in [0.15, 0.2) is 5.82 Å². The fraction of sp³-hybridized carbons (Fsp3) is 0. The summed E-state index contributed by atoms with van der Waals surface area (Å²) in [4.78, 5) is 10.2. The van der Waals surface area contributed by atoms with Crippen LogP contribution in [0.1, 0.15) is 0 Å². The Morgan fingerprint density at radius 3 is 1.84 bits per heavy atom.